The van der Waals surface area contributed by atoms with E-state index in [9.17, 15) is 4.79 Å². The van der Waals surface area contributed by atoms with Gasteiger partial charge in [-0.25, -0.2) is 4.79 Å². The lowest BCUT2D eigenvalue weighted by molar-refractivity contribution is -0.0979. The Balaban J connectivity index is 0. The number of hydrogen-bond donors (Lipinski definition) is 1. The summed E-state index contributed by atoms with van der Waals surface area (Å²) in [4.78, 5) is 18.5. The van der Waals surface area contributed by atoms with Crippen molar-refractivity contribution in [3.05, 3.63) is 0 Å². The summed E-state index contributed by atoms with van der Waals surface area (Å²) in [5, 5.41) is 2.57. The van der Waals surface area contributed by atoms with Gasteiger partial charge in [0.2, 0.25) is 0 Å². The van der Waals surface area contributed by atoms with Crippen LogP contribution in [-0.4, -0.2) is 26.0 Å². The number of amides is 1. The second kappa shape index (κ2) is 11.7. The highest BCUT2D eigenvalue weighted by Crippen LogP contribution is 1.76. The Kier molecular flexibility index (Phi) is 13.4. The van der Waals surface area contributed by atoms with Crippen molar-refractivity contribution in [2.45, 2.75) is 20.3 Å². The molecule has 0 aliphatic heterocycles. The highest BCUT2D eigenvalue weighted by Gasteiger charge is 1.94. The van der Waals surface area contributed by atoms with Crippen LogP contribution in [0.4, 0.5) is 4.79 Å². The molecule has 0 aromatic carbocycles. The Morgan fingerprint density at radius 2 is 2.00 bits per heavy atom. The van der Waals surface area contributed by atoms with E-state index in [1.807, 2.05) is 13.7 Å². The molecule has 0 heterocycles. The van der Waals surface area contributed by atoms with E-state index >= 15 is 0 Å². The molecule has 1 N–H and O–H groups in total. The van der Waals surface area contributed by atoms with E-state index in [1.165, 1.54) is 0 Å². The van der Waals surface area contributed by atoms with Gasteiger partial charge in [0, 0.05) is 6.54 Å². The van der Waals surface area contributed by atoms with Gasteiger partial charge in [0.15, 0.2) is 0 Å². The van der Waals surface area contributed by atoms with Gasteiger partial charge in [0.05, 0.1) is 6.61 Å². The number of carbonyl (C=O) groups excluding carboxylic acids is 2. The van der Waals surface area contributed by atoms with Crippen LogP contribution in [0.25, 0.3) is 0 Å². The van der Waals surface area contributed by atoms with Crippen LogP contribution in [0, 0.1) is 0 Å². The van der Waals surface area contributed by atoms with Crippen LogP contribution >= 0.6 is 0 Å². The maximum absolute atomic E-state index is 10.5. The van der Waals surface area contributed by atoms with Crippen molar-refractivity contribution in [2.75, 3.05) is 13.2 Å². The van der Waals surface area contributed by atoms with Crippen LogP contribution in [-0.2, 0) is 9.53 Å². The largest absolute Gasteiger partial charge is 0.450 e. The van der Waals surface area contributed by atoms with Gasteiger partial charge in [-0.2, -0.15) is 0 Å². The zero-order chi connectivity index (χ0) is 9.11. The van der Waals surface area contributed by atoms with E-state index in [2.05, 4.69) is 10.1 Å². The topological polar surface area (TPSA) is 55.4 Å². The Morgan fingerprint density at radius 3 is 2.36 bits per heavy atom. The molecule has 0 atom stereocenters. The monoisotopic (exact) mass is 161 g/mol. The molecular weight excluding hydrogens is 146 g/mol. The fourth-order valence-electron chi connectivity index (χ4n) is 0.409. The first-order valence-corrected chi connectivity index (χ1v) is 3.50. The fourth-order valence-corrected chi connectivity index (χ4v) is 0.409. The number of nitrogens with one attached hydrogen (secondary N) is 1. The van der Waals surface area contributed by atoms with Gasteiger partial charge in [0.25, 0.3) is 0 Å². The average molecular weight is 161 g/mol. The van der Waals surface area contributed by atoms with E-state index in [-0.39, 0.29) is 6.09 Å². The molecule has 0 spiro atoms. The molecule has 0 bridgehead atoms. The van der Waals surface area contributed by atoms with Crippen LogP contribution < -0.4 is 5.32 Å². The van der Waals surface area contributed by atoms with E-state index in [1.54, 1.807) is 6.92 Å². The lowest BCUT2D eigenvalue weighted by atomic mass is 10.5. The maximum Gasteiger partial charge on any atom is 0.407 e. The molecule has 4 heteroatoms. The summed E-state index contributed by atoms with van der Waals surface area (Å²) >= 11 is 0. The summed E-state index contributed by atoms with van der Waals surface area (Å²) in [6.45, 7) is 6.91. The zero-order valence-corrected chi connectivity index (χ0v) is 7.05. The van der Waals surface area contributed by atoms with Gasteiger partial charge in [-0.15, -0.1) is 0 Å². The first kappa shape index (κ1) is 12.6. The standard InChI is InChI=1S/C6H13NO2.CH2O/c1-3-5-7-6(8)9-4-2;1-2/h3-5H2,1-2H3,(H,7,8);1H2. The second-order valence-electron chi connectivity index (χ2n) is 1.65. The average Bonchev–Trinajstić information content (AvgIpc) is 2.05. The van der Waals surface area contributed by atoms with Gasteiger partial charge in [-0.3, -0.25) is 0 Å². The number of rotatable bonds is 3. The molecule has 0 rings (SSSR count). The molecule has 0 aromatic heterocycles. The molecule has 0 fully saturated rings. The molecule has 0 unspecified atom stereocenters. The minimum absolute atomic E-state index is 0.320. The molecule has 4 nitrogen and oxygen atoms in total. The summed E-state index contributed by atoms with van der Waals surface area (Å²) in [6, 6.07) is 0. The minimum atomic E-state index is -0.320. The van der Waals surface area contributed by atoms with Crippen LogP contribution in [0.5, 0.6) is 0 Å². The lowest BCUT2D eigenvalue weighted by Crippen LogP contribution is -2.24. The van der Waals surface area contributed by atoms with Crippen LogP contribution in [0.1, 0.15) is 20.3 Å². The van der Waals surface area contributed by atoms with Gasteiger partial charge in [-0.1, -0.05) is 6.92 Å². The molecule has 0 saturated heterocycles. The number of alkyl carbamates (subject to hydrolysis) is 1. The summed E-state index contributed by atoms with van der Waals surface area (Å²) in [6.07, 6.45) is 0.623. The molecule has 66 valence electrons. The highest BCUT2D eigenvalue weighted by atomic mass is 16.5. The van der Waals surface area contributed by atoms with Crippen LogP contribution in [0.3, 0.4) is 0 Å². The lowest BCUT2D eigenvalue weighted by Gasteiger charge is -2.01. The van der Waals surface area contributed by atoms with Crippen LogP contribution in [0.2, 0.25) is 0 Å². The summed E-state index contributed by atoms with van der Waals surface area (Å²) in [5.41, 5.74) is 0. The first-order valence-electron chi connectivity index (χ1n) is 3.50. The predicted octanol–water partition coefficient (Wildman–Crippen LogP) is 0.958. The molecular formula is C7H15NO3. The predicted molar refractivity (Wildman–Crippen MR) is 42.4 cm³/mol. The molecule has 0 saturated carbocycles. The van der Waals surface area contributed by atoms with Crippen molar-refractivity contribution in [1.82, 2.24) is 5.32 Å². The van der Waals surface area contributed by atoms with Crippen molar-refractivity contribution < 1.29 is 14.3 Å². The SMILES string of the molecule is C=O.CCCNC(=O)OCC. The van der Waals surface area contributed by atoms with Gasteiger partial charge in [0.1, 0.15) is 6.79 Å². The third-order valence-corrected chi connectivity index (χ3v) is 0.795. The Hall–Kier alpha value is -1.06. The molecule has 0 radical (unpaired) electrons. The Labute approximate surface area is 66.9 Å². The van der Waals surface area contributed by atoms with Crippen molar-refractivity contribution in [3.8, 4) is 0 Å². The van der Waals surface area contributed by atoms with Gasteiger partial charge < -0.3 is 14.8 Å². The summed E-state index contributed by atoms with van der Waals surface area (Å²) < 4.78 is 4.59. The first-order chi connectivity index (χ1) is 5.31. The summed E-state index contributed by atoms with van der Waals surface area (Å²) in [7, 11) is 0. The smallest absolute Gasteiger partial charge is 0.407 e. The minimum Gasteiger partial charge on any atom is -0.450 e. The van der Waals surface area contributed by atoms with E-state index in [0.29, 0.717) is 13.2 Å². The van der Waals surface area contributed by atoms with Crippen molar-refractivity contribution in [2.24, 2.45) is 0 Å². The van der Waals surface area contributed by atoms with Crippen molar-refractivity contribution in [3.63, 3.8) is 0 Å². The number of ether oxygens (including phenoxy) is 1. The van der Waals surface area contributed by atoms with E-state index in [0.717, 1.165) is 6.42 Å². The zero-order valence-electron chi connectivity index (χ0n) is 7.05. The molecule has 11 heavy (non-hydrogen) atoms. The Bertz CT molecular complexity index is 95.7. The van der Waals surface area contributed by atoms with E-state index in [4.69, 9.17) is 4.79 Å². The summed E-state index contributed by atoms with van der Waals surface area (Å²) in [5.74, 6) is 0. The fraction of sp³-hybridized carbons (Fsp3) is 0.714. The molecule has 0 aliphatic rings. The third-order valence-electron chi connectivity index (χ3n) is 0.795. The molecule has 0 aliphatic carbocycles. The van der Waals surface area contributed by atoms with Crippen LogP contribution in [0.15, 0.2) is 0 Å². The quantitative estimate of drug-likeness (QED) is 0.670. The Morgan fingerprint density at radius 1 is 1.45 bits per heavy atom. The highest BCUT2D eigenvalue weighted by molar-refractivity contribution is 5.66. The second-order valence-corrected chi connectivity index (χ2v) is 1.65. The maximum atomic E-state index is 10.5. The number of hydrogen-bond acceptors (Lipinski definition) is 3. The van der Waals surface area contributed by atoms with Gasteiger partial charge >= 0.3 is 6.09 Å². The molecule has 1 amide bonds. The van der Waals surface area contributed by atoms with Crippen molar-refractivity contribution in [1.29, 1.82) is 0 Å². The normalized spacial score (nSPS) is 7.45. The van der Waals surface area contributed by atoms with Crippen molar-refractivity contribution >= 4 is 12.9 Å². The third kappa shape index (κ3) is 12.2. The van der Waals surface area contributed by atoms with Gasteiger partial charge in [-0.05, 0) is 13.3 Å². The number of carbonyl (C=O) groups is 2. The molecule has 0 aromatic rings. The van der Waals surface area contributed by atoms with E-state index < -0.39 is 0 Å².